The van der Waals surface area contributed by atoms with Crippen LogP contribution in [0.5, 0.6) is 5.75 Å². The van der Waals surface area contributed by atoms with Crippen LogP contribution in [-0.2, 0) is 9.53 Å². The highest BCUT2D eigenvalue weighted by atomic mass is 16.5. The van der Waals surface area contributed by atoms with Crippen molar-refractivity contribution < 1.29 is 19.7 Å². The van der Waals surface area contributed by atoms with Gasteiger partial charge in [0.2, 0.25) is 5.76 Å². The van der Waals surface area contributed by atoms with Crippen molar-refractivity contribution in [3.05, 3.63) is 47.7 Å². The van der Waals surface area contributed by atoms with Crippen LogP contribution in [0.25, 0.3) is 6.08 Å². The third kappa shape index (κ3) is 3.49. The van der Waals surface area contributed by atoms with Crippen molar-refractivity contribution in [1.82, 2.24) is 0 Å². The van der Waals surface area contributed by atoms with Crippen molar-refractivity contribution in [2.45, 2.75) is 0 Å². The maximum absolute atomic E-state index is 10.6. The first kappa shape index (κ1) is 11.8. The Balaban J connectivity index is 2.74. The van der Waals surface area contributed by atoms with Crippen LogP contribution in [0, 0.1) is 0 Å². The SMILES string of the molecule is COC(=CC=Cc1ccc(O)cc1)C(=O)O. The van der Waals surface area contributed by atoms with E-state index in [1.165, 1.54) is 13.2 Å². The number of phenolic OH excluding ortho intramolecular Hbond substituents is 1. The Kier molecular flexibility index (Phi) is 4.15. The third-order valence-electron chi connectivity index (χ3n) is 1.86. The van der Waals surface area contributed by atoms with Crippen LogP contribution in [0.3, 0.4) is 0 Å². The lowest BCUT2D eigenvalue weighted by molar-refractivity contribution is -0.136. The number of rotatable bonds is 4. The van der Waals surface area contributed by atoms with Crippen LogP contribution in [0.4, 0.5) is 0 Å². The minimum Gasteiger partial charge on any atom is -0.508 e. The molecule has 0 aliphatic carbocycles. The van der Waals surface area contributed by atoms with Gasteiger partial charge in [-0.05, 0) is 23.8 Å². The van der Waals surface area contributed by atoms with Crippen LogP contribution in [0.15, 0.2) is 42.2 Å². The van der Waals surface area contributed by atoms with Crippen molar-refractivity contribution in [3.63, 3.8) is 0 Å². The Labute approximate surface area is 93.1 Å². The van der Waals surface area contributed by atoms with E-state index in [-0.39, 0.29) is 11.5 Å². The number of carboxylic acids is 1. The Hall–Kier alpha value is -2.23. The number of ether oxygens (including phenoxy) is 1. The Morgan fingerprint density at radius 2 is 1.94 bits per heavy atom. The van der Waals surface area contributed by atoms with Gasteiger partial charge in [-0.25, -0.2) is 4.79 Å². The third-order valence-corrected chi connectivity index (χ3v) is 1.86. The molecule has 0 spiro atoms. The van der Waals surface area contributed by atoms with E-state index in [0.29, 0.717) is 0 Å². The summed E-state index contributed by atoms with van der Waals surface area (Å²) in [5.41, 5.74) is 0.856. The molecule has 0 aromatic heterocycles. The average Bonchev–Trinajstić information content (AvgIpc) is 2.26. The second-order valence-corrected chi connectivity index (χ2v) is 2.99. The first-order valence-electron chi connectivity index (χ1n) is 4.58. The molecule has 0 amide bonds. The van der Waals surface area contributed by atoms with E-state index in [4.69, 9.17) is 10.2 Å². The van der Waals surface area contributed by atoms with Crippen LogP contribution in [-0.4, -0.2) is 23.3 Å². The van der Waals surface area contributed by atoms with Crippen LogP contribution < -0.4 is 0 Å². The summed E-state index contributed by atoms with van der Waals surface area (Å²) < 4.78 is 4.64. The summed E-state index contributed by atoms with van der Waals surface area (Å²) in [6.45, 7) is 0. The molecule has 0 bridgehead atoms. The normalized spacial score (nSPS) is 11.7. The molecule has 0 radical (unpaired) electrons. The zero-order chi connectivity index (χ0) is 12.0. The van der Waals surface area contributed by atoms with E-state index in [0.717, 1.165) is 5.56 Å². The van der Waals surface area contributed by atoms with E-state index in [1.54, 1.807) is 36.4 Å². The summed E-state index contributed by atoms with van der Waals surface area (Å²) >= 11 is 0. The Morgan fingerprint density at radius 1 is 1.31 bits per heavy atom. The molecular weight excluding hydrogens is 208 g/mol. The number of carbonyl (C=O) groups is 1. The topological polar surface area (TPSA) is 66.8 Å². The maximum atomic E-state index is 10.6. The molecule has 0 saturated heterocycles. The standard InChI is InChI=1S/C12H12O4/c1-16-11(12(14)15)4-2-3-9-5-7-10(13)8-6-9/h2-8,13H,1H3,(H,14,15). The Morgan fingerprint density at radius 3 is 2.44 bits per heavy atom. The quantitative estimate of drug-likeness (QED) is 0.463. The van der Waals surface area contributed by atoms with Gasteiger partial charge in [-0.1, -0.05) is 24.3 Å². The van der Waals surface area contributed by atoms with Gasteiger partial charge >= 0.3 is 5.97 Å². The number of carboxylic acid groups (broad SMARTS) is 1. The first-order valence-corrected chi connectivity index (χ1v) is 4.58. The van der Waals surface area contributed by atoms with Gasteiger partial charge in [-0.15, -0.1) is 0 Å². The minimum absolute atomic E-state index is 0.130. The van der Waals surface area contributed by atoms with Crippen LogP contribution in [0.2, 0.25) is 0 Å². The highest BCUT2D eigenvalue weighted by molar-refractivity contribution is 5.84. The van der Waals surface area contributed by atoms with E-state index in [9.17, 15) is 4.79 Å². The summed E-state index contributed by atoms with van der Waals surface area (Å²) in [6.07, 6.45) is 4.63. The highest BCUT2D eigenvalue weighted by Crippen LogP contribution is 2.10. The number of phenols is 1. The molecule has 16 heavy (non-hydrogen) atoms. The number of allylic oxidation sites excluding steroid dienone is 2. The fourth-order valence-electron chi connectivity index (χ4n) is 1.06. The summed E-state index contributed by atoms with van der Waals surface area (Å²) in [7, 11) is 1.30. The molecule has 0 aliphatic heterocycles. The second-order valence-electron chi connectivity index (χ2n) is 2.99. The van der Waals surface area contributed by atoms with Gasteiger partial charge in [0.05, 0.1) is 7.11 Å². The summed E-state index contributed by atoms with van der Waals surface area (Å²) in [5, 5.41) is 17.7. The van der Waals surface area contributed by atoms with E-state index in [2.05, 4.69) is 4.74 Å². The van der Waals surface area contributed by atoms with Crippen molar-refractivity contribution >= 4 is 12.0 Å². The smallest absolute Gasteiger partial charge is 0.371 e. The molecule has 0 heterocycles. The number of methoxy groups -OCH3 is 1. The molecule has 0 unspecified atom stereocenters. The summed E-state index contributed by atoms with van der Waals surface area (Å²) in [4.78, 5) is 10.6. The fraction of sp³-hybridized carbons (Fsp3) is 0.0833. The lowest BCUT2D eigenvalue weighted by Crippen LogP contribution is -2.01. The zero-order valence-electron chi connectivity index (χ0n) is 8.75. The van der Waals surface area contributed by atoms with Gasteiger partial charge in [0.1, 0.15) is 5.75 Å². The average molecular weight is 220 g/mol. The molecule has 1 rings (SSSR count). The van der Waals surface area contributed by atoms with E-state index in [1.807, 2.05) is 0 Å². The van der Waals surface area contributed by atoms with E-state index >= 15 is 0 Å². The van der Waals surface area contributed by atoms with Gasteiger partial charge < -0.3 is 14.9 Å². The molecule has 2 N–H and O–H groups in total. The molecule has 84 valence electrons. The maximum Gasteiger partial charge on any atom is 0.371 e. The van der Waals surface area contributed by atoms with Crippen molar-refractivity contribution in [3.8, 4) is 5.75 Å². The predicted octanol–water partition coefficient (Wildman–Crippen LogP) is 2.02. The summed E-state index contributed by atoms with van der Waals surface area (Å²) in [5.74, 6) is -1.05. The molecule has 4 heteroatoms. The fourth-order valence-corrected chi connectivity index (χ4v) is 1.06. The molecule has 0 fully saturated rings. The van der Waals surface area contributed by atoms with Gasteiger partial charge in [0.15, 0.2) is 0 Å². The number of hydrogen-bond donors (Lipinski definition) is 2. The lowest BCUT2D eigenvalue weighted by Gasteiger charge is -1.97. The second kappa shape index (κ2) is 5.60. The van der Waals surface area contributed by atoms with Crippen LogP contribution >= 0.6 is 0 Å². The first-order chi connectivity index (χ1) is 7.63. The lowest BCUT2D eigenvalue weighted by atomic mass is 10.2. The largest absolute Gasteiger partial charge is 0.508 e. The van der Waals surface area contributed by atoms with Crippen molar-refractivity contribution in [1.29, 1.82) is 0 Å². The number of hydrogen-bond acceptors (Lipinski definition) is 3. The molecular formula is C12H12O4. The van der Waals surface area contributed by atoms with Gasteiger partial charge in [-0.3, -0.25) is 0 Å². The number of aliphatic carboxylic acids is 1. The Bertz CT molecular complexity index is 415. The van der Waals surface area contributed by atoms with Gasteiger partial charge in [0, 0.05) is 0 Å². The highest BCUT2D eigenvalue weighted by Gasteiger charge is 2.03. The molecule has 0 aliphatic rings. The van der Waals surface area contributed by atoms with Crippen LogP contribution in [0.1, 0.15) is 5.56 Å². The van der Waals surface area contributed by atoms with Gasteiger partial charge in [0.25, 0.3) is 0 Å². The molecule has 1 aromatic rings. The number of aromatic hydroxyl groups is 1. The van der Waals surface area contributed by atoms with Crippen molar-refractivity contribution in [2.24, 2.45) is 0 Å². The summed E-state index contributed by atoms with van der Waals surface area (Å²) in [6, 6.07) is 6.54. The monoisotopic (exact) mass is 220 g/mol. The molecule has 1 aromatic carbocycles. The molecule has 0 atom stereocenters. The number of benzene rings is 1. The molecule has 4 nitrogen and oxygen atoms in total. The zero-order valence-corrected chi connectivity index (χ0v) is 8.75. The van der Waals surface area contributed by atoms with Crippen molar-refractivity contribution in [2.75, 3.05) is 7.11 Å². The molecule has 0 saturated carbocycles. The minimum atomic E-state index is -1.11. The van der Waals surface area contributed by atoms with E-state index < -0.39 is 5.97 Å². The predicted molar refractivity (Wildman–Crippen MR) is 59.9 cm³/mol. The van der Waals surface area contributed by atoms with Gasteiger partial charge in [-0.2, -0.15) is 0 Å².